The first-order chi connectivity index (χ1) is 17.4. The number of hydrogen-bond acceptors (Lipinski definition) is 6. The predicted molar refractivity (Wildman–Crippen MR) is 135 cm³/mol. The van der Waals surface area contributed by atoms with Crippen molar-refractivity contribution >= 4 is 28.2 Å². The Bertz CT molecular complexity index is 1380. The maximum atomic E-state index is 13.0. The van der Waals surface area contributed by atoms with E-state index in [2.05, 4.69) is 15.2 Å². The number of rotatable bonds is 7. The van der Waals surface area contributed by atoms with Crippen molar-refractivity contribution in [2.24, 2.45) is 0 Å². The van der Waals surface area contributed by atoms with Crippen LogP contribution in [0.1, 0.15) is 31.9 Å². The molecule has 4 aromatic rings. The summed E-state index contributed by atoms with van der Waals surface area (Å²) in [5.41, 5.74) is -0.130. The van der Waals surface area contributed by atoms with E-state index in [0.29, 0.717) is 10.6 Å². The molecule has 194 valence electrons. The summed E-state index contributed by atoms with van der Waals surface area (Å²) >= 11 is 1.22. The molecule has 0 unspecified atom stereocenters. The van der Waals surface area contributed by atoms with Gasteiger partial charge in [-0.1, -0.05) is 40.7 Å². The van der Waals surface area contributed by atoms with Gasteiger partial charge in [0.15, 0.2) is 5.01 Å². The van der Waals surface area contributed by atoms with Gasteiger partial charge in [0.1, 0.15) is 6.61 Å². The molecule has 1 atom stereocenters. The average molecular weight is 531 g/mol. The molecule has 2 aromatic heterocycles. The van der Waals surface area contributed by atoms with Crippen LogP contribution in [0, 0.1) is 0 Å². The zero-order valence-corrected chi connectivity index (χ0v) is 21.2. The number of aromatic nitrogens is 3. The minimum absolute atomic E-state index is 0.0530. The summed E-state index contributed by atoms with van der Waals surface area (Å²) in [4.78, 5) is 17.5. The second-order valence-electron chi connectivity index (χ2n) is 9.50. The van der Waals surface area contributed by atoms with Crippen LogP contribution in [-0.2, 0) is 12.6 Å². The molecule has 0 saturated heterocycles. The van der Waals surface area contributed by atoms with Gasteiger partial charge in [-0.2, -0.15) is 13.2 Å². The van der Waals surface area contributed by atoms with Crippen molar-refractivity contribution in [2.45, 2.75) is 44.9 Å². The van der Waals surface area contributed by atoms with Crippen LogP contribution in [0.2, 0.25) is 0 Å². The van der Waals surface area contributed by atoms with Gasteiger partial charge in [-0.3, -0.25) is 9.88 Å². The van der Waals surface area contributed by atoms with Crippen molar-refractivity contribution in [1.29, 1.82) is 0 Å². The van der Waals surface area contributed by atoms with Crippen LogP contribution in [0.4, 0.5) is 18.0 Å². The Morgan fingerprint density at radius 2 is 1.78 bits per heavy atom. The van der Waals surface area contributed by atoms with Gasteiger partial charge in [0.2, 0.25) is 0 Å². The minimum atomic E-state index is -4.45. The minimum Gasteiger partial charge on any atom is -0.467 e. The van der Waals surface area contributed by atoms with E-state index in [1.54, 1.807) is 33.2 Å². The van der Waals surface area contributed by atoms with Gasteiger partial charge in [-0.05, 0) is 62.4 Å². The molecule has 2 aromatic carbocycles. The largest absolute Gasteiger partial charge is 0.467 e. The van der Waals surface area contributed by atoms with Crippen LogP contribution >= 0.6 is 11.3 Å². The lowest BCUT2D eigenvalue weighted by molar-refractivity contribution is -0.137. The lowest BCUT2D eigenvalue weighted by Crippen LogP contribution is -2.54. The predicted octanol–water partition coefficient (Wildman–Crippen LogP) is 6.54. The highest BCUT2D eigenvalue weighted by molar-refractivity contribution is 7.16. The molecular formula is C26H25F3N4O3S. The fourth-order valence-electron chi connectivity index (χ4n) is 4.09. The van der Waals surface area contributed by atoms with Crippen molar-refractivity contribution in [3.63, 3.8) is 0 Å². The van der Waals surface area contributed by atoms with E-state index in [-0.39, 0.29) is 18.2 Å². The number of alkyl halides is 3. The van der Waals surface area contributed by atoms with Gasteiger partial charge in [-0.15, -0.1) is 5.10 Å². The van der Waals surface area contributed by atoms with E-state index in [0.717, 1.165) is 28.5 Å². The Labute approximate surface area is 215 Å². The number of ether oxygens (including phenoxy) is 1. The molecule has 0 fully saturated rings. The SMILES string of the molecule is CC(C)(C)N(C(=O)O)[C@H](COc1nnc(-c2ccc3cnccc3c2)s1)Cc1ccc(C(F)(F)F)cc1. The fraction of sp³-hybridized carbons (Fsp3) is 0.308. The number of amides is 1. The van der Waals surface area contributed by atoms with Crippen molar-refractivity contribution in [2.75, 3.05) is 6.61 Å². The van der Waals surface area contributed by atoms with Gasteiger partial charge in [-0.25, -0.2) is 4.79 Å². The second kappa shape index (κ2) is 10.3. The van der Waals surface area contributed by atoms with E-state index < -0.39 is 29.4 Å². The molecule has 0 aliphatic heterocycles. The standard InChI is InChI=1S/C26H25F3N4O3S/c1-25(2,3)33(24(34)35)21(12-16-4-8-20(9-5-16)26(27,28)29)15-36-23-32-31-22(37-23)18-6-7-19-14-30-11-10-17(19)13-18/h4-11,13-14,21H,12,15H2,1-3H3,(H,34,35)/t21-/m0/s1. The number of carboxylic acid groups (broad SMARTS) is 1. The van der Waals surface area contributed by atoms with Gasteiger partial charge in [0, 0.05) is 28.9 Å². The monoisotopic (exact) mass is 530 g/mol. The van der Waals surface area contributed by atoms with E-state index >= 15 is 0 Å². The molecular weight excluding hydrogens is 505 g/mol. The van der Waals surface area contributed by atoms with Crippen molar-refractivity contribution in [1.82, 2.24) is 20.1 Å². The number of halogens is 3. The van der Waals surface area contributed by atoms with Crippen LogP contribution in [0.3, 0.4) is 0 Å². The number of hydrogen-bond donors (Lipinski definition) is 1. The molecule has 0 aliphatic rings. The summed E-state index contributed by atoms with van der Waals surface area (Å²) in [6.07, 6.45) is -1.96. The highest BCUT2D eigenvalue weighted by Gasteiger charge is 2.35. The van der Waals surface area contributed by atoms with E-state index in [9.17, 15) is 23.1 Å². The van der Waals surface area contributed by atoms with Gasteiger partial charge in [0.05, 0.1) is 11.6 Å². The Kier molecular flexibility index (Phi) is 7.35. The van der Waals surface area contributed by atoms with Crippen LogP contribution in [0.5, 0.6) is 5.19 Å². The Balaban J connectivity index is 1.54. The van der Waals surface area contributed by atoms with Gasteiger partial charge >= 0.3 is 12.3 Å². The summed E-state index contributed by atoms with van der Waals surface area (Å²) in [6.45, 7) is 5.19. The molecule has 0 saturated carbocycles. The molecule has 4 rings (SSSR count). The third-order valence-corrected chi connectivity index (χ3v) is 6.62. The van der Waals surface area contributed by atoms with E-state index in [4.69, 9.17) is 4.74 Å². The van der Waals surface area contributed by atoms with Crippen molar-refractivity contribution < 1.29 is 27.8 Å². The van der Waals surface area contributed by atoms with Crippen LogP contribution in [0.15, 0.2) is 60.9 Å². The fourth-order valence-corrected chi connectivity index (χ4v) is 4.79. The van der Waals surface area contributed by atoms with Crippen LogP contribution < -0.4 is 4.74 Å². The maximum Gasteiger partial charge on any atom is 0.416 e. The van der Waals surface area contributed by atoms with Gasteiger partial charge in [0.25, 0.3) is 5.19 Å². The number of nitrogens with zero attached hydrogens (tertiary/aromatic N) is 4. The zero-order chi connectivity index (χ0) is 26.8. The molecule has 11 heteroatoms. The Hall–Kier alpha value is -3.73. The molecule has 0 bridgehead atoms. The third kappa shape index (κ3) is 6.34. The smallest absolute Gasteiger partial charge is 0.416 e. The number of benzene rings is 2. The van der Waals surface area contributed by atoms with Crippen molar-refractivity contribution in [3.8, 4) is 15.8 Å². The first-order valence-corrected chi connectivity index (χ1v) is 12.2. The van der Waals surface area contributed by atoms with Crippen LogP contribution in [-0.4, -0.2) is 49.5 Å². The zero-order valence-electron chi connectivity index (χ0n) is 20.4. The lowest BCUT2D eigenvalue weighted by Gasteiger charge is -2.39. The number of carbonyl (C=O) groups is 1. The number of fused-ring (bicyclic) bond motifs is 1. The average Bonchev–Trinajstić information content (AvgIpc) is 3.30. The summed E-state index contributed by atoms with van der Waals surface area (Å²) in [5, 5.41) is 21.1. The quantitative estimate of drug-likeness (QED) is 0.292. The molecule has 0 aliphatic carbocycles. The molecule has 0 spiro atoms. The molecule has 37 heavy (non-hydrogen) atoms. The highest BCUT2D eigenvalue weighted by Crippen LogP contribution is 2.32. The first kappa shape index (κ1) is 26.3. The lowest BCUT2D eigenvalue weighted by atomic mass is 9.98. The molecule has 7 nitrogen and oxygen atoms in total. The van der Waals surface area contributed by atoms with Crippen molar-refractivity contribution in [3.05, 3.63) is 72.1 Å². The summed E-state index contributed by atoms with van der Waals surface area (Å²) in [5.74, 6) is 0. The van der Waals surface area contributed by atoms with Gasteiger partial charge < -0.3 is 9.84 Å². The Morgan fingerprint density at radius 1 is 1.05 bits per heavy atom. The molecule has 1 amide bonds. The Morgan fingerprint density at radius 3 is 2.43 bits per heavy atom. The van der Waals surface area contributed by atoms with E-state index in [1.807, 2.05) is 24.3 Å². The summed E-state index contributed by atoms with van der Waals surface area (Å²) in [6, 6.07) is 11.7. The normalized spacial score (nSPS) is 12.9. The third-order valence-electron chi connectivity index (χ3n) is 5.74. The number of pyridine rings is 1. The molecule has 2 heterocycles. The topological polar surface area (TPSA) is 88.4 Å². The molecule has 0 radical (unpaired) electrons. The van der Waals surface area contributed by atoms with E-state index in [1.165, 1.54) is 28.4 Å². The summed E-state index contributed by atoms with van der Waals surface area (Å²) in [7, 11) is 0. The first-order valence-electron chi connectivity index (χ1n) is 11.4. The second-order valence-corrected chi connectivity index (χ2v) is 10.4. The molecule has 1 N–H and O–H groups in total. The maximum absolute atomic E-state index is 13.0. The van der Waals surface area contributed by atoms with Crippen LogP contribution in [0.25, 0.3) is 21.3 Å². The summed E-state index contributed by atoms with van der Waals surface area (Å²) < 4.78 is 44.8. The highest BCUT2D eigenvalue weighted by atomic mass is 32.1.